The van der Waals surface area contributed by atoms with Gasteiger partial charge in [0.1, 0.15) is 6.67 Å². The van der Waals surface area contributed by atoms with Crippen molar-refractivity contribution in [2.45, 2.75) is 18.7 Å². The quantitative estimate of drug-likeness (QED) is 0.367. The molecule has 4 aromatic rings. The molecule has 0 aliphatic carbocycles. The average molecular weight is 496 g/mol. The minimum absolute atomic E-state index is 0.0150. The average Bonchev–Trinajstić information content (AvgIpc) is 3.35. The predicted octanol–water partition coefficient (Wildman–Crippen LogP) is 4.53. The number of hydrogen-bond acceptors (Lipinski definition) is 7. The lowest BCUT2D eigenvalue weighted by molar-refractivity contribution is -0.124. The van der Waals surface area contributed by atoms with Gasteiger partial charge >= 0.3 is 0 Å². The van der Waals surface area contributed by atoms with Gasteiger partial charge in [-0.1, -0.05) is 6.07 Å². The molecule has 2 N–H and O–H groups in total. The summed E-state index contributed by atoms with van der Waals surface area (Å²) in [5.41, 5.74) is 0.595. The third kappa shape index (κ3) is 5.52. The van der Waals surface area contributed by atoms with Gasteiger partial charge in [0.25, 0.3) is 10.0 Å². The molecule has 180 valence electrons. The Morgan fingerprint density at radius 3 is 2.31 bits per heavy atom. The maximum Gasteiger partial charge on any atom is 0.261 e. The SMILES string of the molecule is CC(C)(CF)C(=O)Nc1cccc(NS(=O)(=O)c2ccc(-c3nnc(-c4cccnc4)o3)cc2)c1. The van der Waals surface area contributed by atoms with Gasteiger partial charge in [0.05, 0.1) is 21.6 Å². The Morgan fingerprint density at radius 1 is 0.971 bits per heavy atom. The van der Waals surface area contributed by atoms with Crippen LogP contribution in [0, 0.1) is 5.41 Å². The Bertz CT molecular complexity index is 1440. The monoisotopic (exact) mass is 495 g/mol. The number of hydrogen-bond donors (Lipinski definition) is 2. The van der Waals surface area contributed by atoms with Gasteiger partial charge in [-0.15, -0.1) is 10.2 Å². The summed E-state index contributed by atoms with van der Waals surface area (Å²) in [4.78, 5) is 16.2. The molecule has 0 saturated heterocycles. The van der Waals surface area contributed by atoms with Gasteiger partial charge in [0, 0.05) is 23.6 Å². The molecule has 11 heteroatoms. The number of rotatable bonds is 8. The number of alkyl halides is 1. The van der Waals surface area contributed by atoms with E-state index in [0.29, 0.717) is 22.7 Å². The van der Waals surface area contributed by atoms with Crippen molar-refractivity contribution in [3.8, 4) is 22.9 Å². The molecule has 1 amide bonds. The Kier molecular flexibility index (Phi) is 6.61. The standard InChI is InChI=1S/C24H22FN5O4S/c1-24(2,15-25)23(31)27-18-6-3-7-19(13-18)30-35(32,33)20-10-8-16(9-11-20)21-28-29-22(34-21)17-5-4-12-26-14-17/h3-14,30H,15H2,1-2H3,(H,27,31). The van der Waals surface area contributed by atoms with Crippen LogP contribution in [0.5, 0.6) is 0 Å². The second-order valence-electron chi connectivity index (χ2n) is 8.34. The first-order valence-corrected chi connectivity index (χ1v) is 12.0. The number of sulfonamides is 1. The van der Waals surface area contributed by atoms with Crippen LogP contribution in [0.4, 0.5) is 15.8 Å². The number of aromatic nitrogens is 3. The summed E-state index contributed by atoms with van der Waals surface area (Å²) < 4.78 is 46.9. The molecule has 2 aromatic heterocycles. The molecule has 0 saturated carbocycles. The first-order chi connectivity index (χ1) is 16.7. The number of carbonyl (C=O) groups excluding carboxylic acids is 1. The van der Waals surface area contributed by atoms with Crippen molar-refractivity contribution in [2.75, 3.05) is 16.7 Å². The molecule has 0 aliphatic heterocycles. The second-order valence-corrected chi connectivity index (χ2v) is 10.0. The van der Waals surface area contributed by atoms with E-state index in [2.05, 4.69) is 25.2 Å². The predicted molar refractivity (Wildman–Crippen MR) is 129 cm³/mol. The molecular formula is C24H22FN5O4S. The summed E-state index contributed by atoms with van der Waals surface area (Å²) in [6.45, 7) is 2.13. The number of halogens is 1. The molecule has 0 radical (unpaired) electrons. The first kappa shape index (κ1) is 24.0. The van der Waals surface area contributed by atoms with E-state index in [-0.39, 0.29) is 16.5 Å². The molecule has 0 spiro atoms. The highest BCUT2D eigenvalue weighted by Crippen LogP contribution is 2.26. The van der Waals surface area contributed by atoms with E-state index in [1.165, 1.54) is 32.0 Å². The Hall–Kier alpha value is -4.12. The highest BCUT2D eigenvalue weighted by atomic mass is 32.2. The van der Waals surface area contributed by atoms with E-state index in [4.69, 9.17) is 4.42 Å². The van der Waals surface area contributed by atoms with Gasteiger partial charge in [-0.25, -0.2) is 12.8 Å². The van der Waals surface area contributed by atoms with Gasteiger partial charge in [0.15, 0.2) is 0 Å². The Morgan fingerprint density at radius 2 is 1.66 bits per heavy atom. The lowest BCUT2D eigenvalue weighted by Crippen LogP contribution is -2.32. The summed E-state index contributed by atoms with van der Waals surface area (Å²) in [5.74, 6) is 0.0250. The smallest absolute Gasteiger partial charge is 0.261 e. The minimum atomic E-state index is -3.93. The van der Waals surface area contributed by atoms with E-state index in [1.807, 2.05) is 0 Å². The number of nitrogens with zero attached hydrogens (tertiary/aromatic N) is 3. The molecule has 0 aliphatic rings. The van der Waals surface area contributed by atoms with Crippen LogP contribution in [0.2, 0.25) is 0 Å². The van der Waals surface area contributed by atoms with Crippen LogP contribution in [0.1, 0.15) is 13.8 Å². The van der Waals surface area contributed by atoms with Crippen molar-refractivity contribution >= 4 is 27.3 Å². The van der Waals surface area contributed by atoms with Gasteiger partial charge in [-0.2, -0.15) is 0 Å². The zero-order valence-electron chi connectivity index (χ0n) is 18.9. The number of nitrogens with one attached hydrogen (secondary N) is 2. The lowest BCUT2D eigenvalue weighted by Gasteiger charge is -2.19. The van der Waals surface area contributed by atoms with E-state index >= 15 is 0 Å². The molecule has 0 fully saturated rings. The first-order valence-electron chi connectivity index (χ1n) is 10.5. The molecule has 0 bridgehead atoms. The molecule has 0 atom stereocenters. The summed E-state index contributed by atoms with van der Waals surface area (Å²) >= 11 is 0. The fourth-order valence-corrected chi connectivity index (χ4v) is 4.01. The van der Waals surface area contributed by atoms with Crippen LogP contribution in [-0.2, 0) is 14.8 Å². The maximum absolute atomic E-state index is 13.1. The van der Waals surface area contributed by atoms with E-state index in [9.17, 15) is 17.6 Å². The molecule has 9 nitrogen and oxygen atoms in total. The normalized spacial score (nSPS) is 11.7. The van der Waals surface area contributed by atoms with Gasteiger partial charge in [0.2, 0.25) is 17.7 Å². The number of pyridine rings is 1. The molecule has 0 unspecified atom stereocenters. The van der Waals surface area contributed by atoms with Crippen LogP contribution in [0.15, 0.2) is 82.4 Å². The van der Waals surface area contributed by atoms with Crippen molar-refractivity contribution in [3.63, 3.8) is 0 Å². The summed E-state index contributed by atoms with van der Waals surface area (Å²) in [5, 5.41) is 10.6. The van der Waals surface area contributed by atoms with E-state index < -0.39 is 28.0 Å². The Balaban J connectivity index is 1.48. The fourth-order valence-electron chi connectivity index (χ4n) is 2.96. The van der Waals surface area contributed by atoms with Crippen molar-refractivity contribution < 1.29 is 22.0 Å². The minimum Gasteiger partial charge on any atom is -0.416 e. The maximum atomic E-state index is 13.1. The van der Waals surface area contributed by atoms with Crippen molar-refractivity contribution in [2.24, 2.45) is 5.41 Å². The number of benzene rings is 2. The third-order valence-electron chi connectivity index (χ3n) is 5.07. The zero-order chi connectivity index (χ0) is 25.1. The summed E-state index contributed by atoms with van der Waals surface area (Å²) in [6, 6.07) is 15.7. The zero-order valence-corrected chi connectivity index (χ0v) is 19.7. The van der Waals surface area contributed by atoms with Gasteiger partial charge in [-0.3, -0.25) is 14.5 Å². The van der Waals surface area contributed by atoms with Crippen LogP contribution in [-0.4, -0.2) is 36.2 Å². The van der Waals surface area contributed by atoms with Crippen molar-refractivity contribution in [1.29, 1.82) is 0 Å². The number of anilines is 2. The van der Waals surface area contributed by atoms with Crippen molar-refractivity contribution in [1.82, 2.24) is 15.2 Å². The molecular weight excluding hydrogens is 473 g/mol. The van der Waals surface area contributed by atoms with Crippen LogP contribution in [0.25, 0.3) is 22.9 Å². The third-order valence-corrected chi connectivity index (χ3v) is 6.46. The van der Waals surface area contributed by atoms with Gasteiger partial charge in [-0.05, 0) is 68.4 Å². The van der Waals surface area contributed by atoms with Crippen LogP contribution in [0.3, 0.4) is 0 Å². The fraction of sp³-hybridized carbons (Fsp3) is 0.167. The lowest BCUT2D eigenvalue weighted by atomic mass is 9.94. The Labute approximate surface area is 201 Å². The molecule has 2 heterocycles. The van der Waals surface area contributed by atoms with E-state index in [0.717, 1.165) is 0 Å². The van der Waals surface area contributed by atoms with Crippen LogP contribution >= 0.6 is 0 Å². The number of carbonyl (C=O) groups is 1. The highest BCUT2D eigenvalue weighted by Gasteiger charge is 2.27. The molecule has 2 aromatic carbocycles. The molecule has 4 rings (SSSR count). The van der Waals surface area contributed by atoms with E-state index in [1.54, 1.807) is 54.9 Å². The second kappa shape index (κ2) is 9.63. The topological polar surface area (TPSA) is 127 Å². The molecule has 35 heavy (non-hydrogen) atoms. The van der Waals surface area contributed by atoms with Crippen molar-refractivity contribution in [3.05, 3.63) is 73.1 Å². The summed E-state index contributed by atoms with van der Waals surface area (Å²) in [7, 11) is -3.93. The number of amides is 1. The van der Waals surface area contributed by atoms with Crippen LogP contribution < -0.4 is 10.0 Å². The summed E-state index contributed by atoms with van der Waals surface area (Å²) in [6.07, 6.45) is 3.23. The van der Waals surface area contributed by atoms with Gasteiger partial charge < -0.3 is 9.73 Å². The highest BCUT2D eigenvalue weighted by molar-refractivity contribution is 7.92. The largest absolute Gasteiger partial charge is 0.416 e.